The molecule has 0 amide bonds. The lowest BCUT2D eigenvalue weighted by atomic mass is 10.2. The number of rotatable bonds is 9. The SMILES string of the molecule is COCCCOc1cccc(CNc2cc(CO)ccc2Cl)c1. The first-order valence-electron chi connectivity index (χ1n) is 7.56. The molecule has 0 aromatic heterocycles. The number of aliphatic hydroxyl groups is 1. The molecule has 4 nitrogen and oxygen atoms in total. The number of nitrogens with one attached hydrogen (secondary N) is 1. The van der Waals surface area contributed by atoms with Crippen molar-refractivity contribution < 1.29 is 14.6 Å². The van der Waals surface area contributed by atoms with E-state index in [4.69, 9.17) is 21.1 Å². The quantitative estimate of drug-likeness (QED) is 0.683. The summed E-state index contributed by atoms with van der Waals surface area (Å²) < 4.78 is 10.7. The van der Waals surface area contributed by atoms with Crippen LogP contribution < -0.4 is 10.1 Å². The van der Waals surface area contributed by atoms with Crippen molar-refractivity contribution >= 4 is 17.3 Å². The predicted molar refractivity (Wildman–Crippen MR) is 93.1 cm³/mol. The van der Waals surface area contributed by atoms with Crippen LogP contribution in [0.4, 0.5) is 5.69 Å². The molecule has 0 spiro atoms. The zero-order valence-corrected chi connectivity index (χ0v) is 14.0. The van der Waals surface area contributed by atoms with Gasteiger partial charge in [0.05, 0.1) is 23.9 Å². The van der Waals surface area contributed by atoms with E-state index in [9.17, 15) is 5.11 Å². The summed E-state index contributed by atoms with van der Waals surface area (Å²) >= 11 is 6.17. The van der Waals surface area contributed by atoms with Crippen LogP contribution in [0.1, 0.15) is 17.5 Å². The lowest BCUT2D eigenvalue weighted by Crippen LogP contribution is -2.03. The van der Waals surface area contributed by atoms with E-state index in [1.165, 1.54) is 0 Å². The second-order valence-electron chi connectivity index (χ2n) is 5.17. The van der Waals surface area contributed by atoms with Crippen molar-refractivity contribution in [2.24, 2.45) is 0 Å². The molecule has 2 aromatic carbocycles. The molecule has 0 aliphatic carbocycles. The zero-order chi connectivity index (χ0) is 16.5. The van der Waals surface area contributed by atoms with Gasteiger partial charge in [-0.05, 0) is 35.4 Å². The molecule has 23 heavy (non-hydrogen) atoms. The van der Waals surface area contributed by atoms with Gasteiger partial charge in [0.1, 0.15) is 5.75 Å². The van der Waals surface area contributed by atoms with E-state index in [1.54, 1.807) is 13.2 Å². The molecule has 0 saturated carbocycles. The number of ether oxygens (including phenoxy) is 2. The minimum absolute atomic E-state index is 0.00333. The van der Waals surface area contributed by atoms with Crippen molar-refractivity contribution in [3.63, 3.8) is 0 Å². The van der Waals surface area contributed by atoms with E-state index in [1.807, 2.05) is 36.4 Å². The van der Waals surface area contributed by atoms with Gasteiger partial charge in [-0.2, -0.15) is 0 Å². The van der Waals surface area contributed by atoms with Crippen LogP contribution in [0.3, 0.4) is 0 Å². The summed E-state index contributed by atoms with van der Waals surface area (Å²) in [6.07, 6.45) is 0.864. The molecule has 0 unspecified atom stereocenters. The van der Waals surface area contributed by atoms with Gasteiger partial charge in [-0.1, -0.05) is 29.8 Å². The Morgan fingerprint density at radius 1 is 1.09 bits per heavy atom. The van der Waals surface area contributed by atoms with E-state index in [0.29, 0.717) is 24.8 Å². The Labute approximate surface area is 142 Å². The third kappa shape index (κ3) is 5.75. The highest BCUT2D eigenvalue weighted by Gasteiger charge is 2.03. The van der Waals surface area contributed by atoms with Crippen LogP contribution >= 0.6 is 11.6 Å². The van der Waals surface area contributed by atoms with Crippen LogP contribution in [-0.4, -0.2) is 25.4 Å². The van der Waals surface area contributed by atoms with Crippen molar-refractivity contribution in [1.29, 1.82) is 0 Å². The van der Waals surface area contributed by atoms with Crippen LogP contribution in [0, 0.1) is 0 Å². The fourth-order valence-electron chi connectivity index (χ4n) is 2.14. The Balaban J connectivity index is 1.93. The number of methoxy groups -OCH3 is 1. The fourth-order valence-corrected chi connectivity index (χ4v) is 2.33. The first kappa shape index (κ1) is 17.6. The molecule has 0 bridgehead atoms. The van der Waals surface area contributed by atoms with Crippen LogP contribution in [0.5, 0.6) is 5.75 Å². The highest BCUT2D eigenvalue weighted by atomic mass is 35.5. The van der Waals surface area contributed by atoms with E-state index < -0.39 is 0 Å². The van der Waals surface area contributed by atoms with Gasteiger partial charge in [0, 0.05) is 26.7 Å². The van der Waals surface area contributed by atoms with Gasteiger partial charge in [0.15, 0.2) is 0 Å². The van der Waals surface area contributed by atoms with Gasteiger partial charge in [-0.15, -0.1) is 0 Å². The molecule has 0 saturated heterocycles. The van der Waals surface area contributed by atoms with E-state index in [0.717, 1.165) is 29.0 Å². The third-order valence-electron chi connectivity index (χ3n) is 3.36. The van der Waals surface area contributed by atoms with Gasteiger partial charge in [-0.25, -0.2) is 0 Å². The van der Waals surface area contributed by atoms with Crippen molar-refractivity contribution in [3.8, 4) is 5.75 Å². The smallest absolute Gasteiger partial charge is 0.119 e. The first-order chi connectivity index (χ1) is 11.2. The second kappa shape index (κ2) is 9.40. The maximum Gasteiger partial charge on any atom is 0.119 e. The summed E-state index contributed by atoms with van der Waals surface area (Å²) in [4.78, 5) is 0. The fraction of sp³-hybridized carbons (Fsp3) is 0.333. The summed E-state index contributed by atoms with van der Waals surface area (Å²) in [5, 5.41) is 13.1. The number of hydrogen-bond acceptors (Lipinski definition) is 4. The maximum atomic E-state index is 9.20. The Morgan fingerprint density at radius 2 is 1.96 bits per heavy atom. The molecule has 2 N–H and O–H groups in total. The summed E-state index contributed by atoms with van der Waals surface area (Å²) in [5.41, 5.74) is 2.73. The lowest BCUT2D eigenvalue weighted by Gasteiger charge is -2.11. The van der Waals surface area contributed by atoms with E-state index >= 15 is 0 Å². The largest absolute Gasteiger partial charge is 0.493 e. The lowest BCUT2D eigenvalue weighted by molar-refractivity contribution is 0.172. The number of aliphatic hydroxyl groups excluding tert-OH is 1. The van der Waals surface area contributed by atoms with Crippen molar-refractivity contribution in [1.82, 2.24) is 0 Å². The van der Waals surface area contributed by atoms with Gasteiger partial charge >= 0.3 is 0 Å². The standard InChI is InChI=1S/C18H22ClNO3/c1-22-8-3-9-23-16-5-2-4-14(10-16)12-20-18-11-15(13-21)6-7-17(18)19/h2,4-7,10-11,20-21H,3,8-9,12-13H2,1H3. The molecule has 2 rings (SSSR count). The number of hydrogen-bond donors (Lipinski definition) is 2. The average Bonchev–Trinajstić information content (AvgIpc) is 2.58. The summed E-state index contributed by atoms with van der Waals surface area (Å²) in [6.45, 7) is 1.95. The highest BCUT2D eigenvalue weighted by Crippen LogP contribution is 2.24. The Bertz CT molecular complexity index is 619. The zero-order valence-electron chi connectivity index (χ0n) is 13.2. The molecule has 5 heteroatoms. The van der Waals surface area contributed by atoms with E-state index in [2.05, 4.69) is 5.32 Å². The van der Waals surface area contributed by atoms with Crippen LogP contribution in [0.2, 0.25) is 5.02 Å². The molecule has 0 atom stereocenters. The van der Waals surface area contributed by atoms with Crippen LogP contribution in [0.25, 0.3) is 0 Å². The third-order valence-corrected chi connectivity index (χ3v) is 3.69. The number of halogens is 1. The summed E-state index contributed by atoms with van der Waals surface area (Å²) in [5.74, 6) is 0.843. The molecule has 0 heterocycles. The number of benzene rings is 2. The molecular weight excluding hydrogens is 314 g/mol. The normalized spacial score (nSPS) is 10.6. The minimum atomic E-state index is -0.00333. The second-order valence-corrected chi connectivity index (χ2v) is 5.58. The molecular formula is C18H22ClNO3. The summed E-state index contributed by atoms with van der Waals surface area (Å²) in [7, 11) is 1.68. The van der Waals surface area contributed by atoms with Crippen molar-refractivity contribution in [3.05, 3.63) is 58.6 Å². The first-order valence-corrected chi connectivity index (χ1v) is 7.94. The van der Waals surface area contributed by atoms with Gasteiger partial charge < -0.3 is 19.9 Å². The Kier molecular flexibility index (Phi) is 7.20. The average molecular weight is 336 g/mol. The molecule has 0 fully saturated rings. The number of anilines is 1. The van der Waals surface area contributed by atoms with Crippen LogP contribution in [0.15, 0.2) is 42.5 Å². The van der Waals surface area contributed by atoms with Gasteiger partial charge in [-0.3, -0.25) is 0 Å². The van der Waals surface area contributed by atoms with Gasteiger partial charge in [0.25, 0.3) is 0 Å². The minimum Gasteiger partial charge on any atom is -0.493 e. The Hall–Kier alpha value is -1.75. The van der Waals surface area contributed by atoms with Crippen LogP contribution in [-0.2, 0) is 17.9 Å². The van der Waals surface area contributed by atoms with Crippen molar-refractivity contribution in [2.45, 2.75) is 19.6 Å². The maximum absolute atomic E-state index is 9.20. The molecule has 0 radical (unpaired) electrons. The van der Waals surface area contributed by atoms with Crippen molar-refractivity contribution in [2.75, 3.05) is 25.6 Å². The molecule has 124 valence electrons. The Morgan fingerprint density at radius 3 is 2.74 bits per heavy atom. The summed E-state index contributed by atoms with van der Waals surface area (Å²) in [6, 6.07) is 13.4. The monoisotopic (exact) mass is 335 g/mol. The van der Waals surface area contributed by atoms with Gasteiger partial charge in [0.2, 0.25) is 0 Å². The molecule has 0 aliphatic rings. The highest BCUT2D eigenvalue weighted by molar-refractivity contribution is 6.33. The topological polar surface area (TPSA) is 50.7 Å². The molecule has 2 aromatic rings. The predicted octanol–water partition coefficient (Wildman–Crippen LogP) is 3.86. The molecule has 0 aliphatic heterocycles. The van der Waals surface area contributed by atoms with E-state index in [-0.39, 0.29) is 6.61 Å².